The fourth-order valence-electron chi connectivity index (χ4n) is 5.31. The molecule has 0 spiro atoms. The lowest BCUT2D eigenvalue weighted by atomic mass is 9.95. The molecule has 0 N–H and O–H groups in total. The van der Waals surface area contributed by atoms with E-state index in [1.54, 1.807) is 6.92 Å². The van der Waals surface area contributed by atoms with Gasteiger partial charge in [-0.15, -0.1) is 0 Å². The lowest BCUT2D eigenvalue weighted by Gasteiger charge is -2.26. The van der Waals surface area contributed by atoms with Crippen molar-refractivity contribution in [1.82, 2.24) is 0 Å². The number of hydrogen-bond acceptors (Lipinski definition) is 3. The third kappa shape index (κ3) is 7.06. The predicted octanol–water partition coefficient (Wildman–Crippen LogP) is 11.2. The van der Waals surface area contributed by atoms with Crippen molar-refractivity contribution in [2.45, 2.75) is 13.8 Å². The first-order valence-corrected chi connectivity index (χ1v) is 15.3. The van der Waals surface area contributed by atoms with Crippen molar-refractivity contribution in [2.24, 2.45) is 0 Å². The number of nitrogens with zero attached hydrogens (tertiary/aromatic N) is 1. The normalized spacial score (nSPS) is 11.1. The average Bonchev–Trinajstić information content (AvgIpc) is 3.10. The Labute approximate surface area is 271 Å². The van der Waals surface area contributed by atoms with Gasteiger partial charge in [0.1, 0.15) is 5.75 Å². The van der Waals surface area contributed by atoms with Gasteiger partial charge in [-0.2, -0.15) is 0 Å². The lowest BCUT2D eigenvalue weighted by molar-refractivity contribution is -0.130. The Kier molecular flexibility index (Phi) is 9.03. The van der Waals surface area contributed by atoms with Crippen molar-refractivity contribution in [3.8, 4) is 16.9 Å². The van der Waals surface area contributed by atoms with E-state index in [-0.39, 0.29) is 0 Å². The number of carbonyl (C=O) groups is 1. The Hall–Kier alpha value is -5.93. The van der Waals surface area contributed by atoms with E-state index in [0.29, 0.717) is 11.3 Å². The summed E-state index contributed by atoms with van der Waals surface area (Å²) < 4.78 is 5.42. The van der Waals surface area contributed by atoms with Crippen LogP contribution >= 0.6 is 0 Å². The molecule has 0 unspecified atom stereocenters. The molecule has 0 radical (unpaired) electrons. The molecule has 0 heterocycles. The molecule has 3 heteroatoms. The molecule has 0 aliphatic heterocycles. The molecule has 6 aromatic rings. The fourth-order valence-corrected chi connectivity index (χ4v) is 5.31. The predicted molar refractivity (Wildman–Crippen MR) is 192 cm³/mol. The Bertz CT molecular complexity index is 1960. The number of carbonyl (C=O) groups excluding carboxylic acids is 1. The molecule has 224 valence electrons. The van der Waals surface area contributed by atoms with Gasteiger partial charge in [0.2, 0.25) is 0 Å². The first-order valence-electron chi connectivity index (χ1n) is 15.3. The Morgan fingerprint density at radius 2 is 1.07 bits per heavy atom. The Morgan fingerprint density at radius 1 is 0.587 bits per heavy atom. The minimum absolute atomic E-state index is 0.363. The topological polar surface area (TPSA) is 29.5 Å². The van der Waals surface area contributed by atoms with E-state index in [1.165, 1.54) is 16.7 Å². The van der Waals surface area contributed by atoms with Crippen LogP contribution in [0.15, 0.2) is 170 Å². The van der Waals surface area contributed by atoms with Gasteiger partial charge in [0.15, 0.2) is 0 Å². The summed E-state index contributed by atoms with van der Waals surface area (Å²) in [5, 5.41) is 0. The standard InChI is InChI=1S/C43H35NO2/c1-31(2)43(45)46-41-28-20-37(21-29-41)42(36-12-8-5-9-13-36)30-33-16-24-39(25-17-33)44(38-22-14-32(3)15-23-38)40-26-18-35(19-27-40)34-10-6-4-7-11-34/h4-30H,1H2,2-3H3. The largest absolute Gasteiger partial charge is 0.423 e. The second kappa shape index (κ2) is 13.8. The highest BCUT2D eigenvalue weighted by Crippen LogP contribution is 2.36. The molecule has 0 aliphatic carbocycles. The molecule has 3 nitrogen and oxygen atoms in total. The quantitative estimate of drug-likeness (QED) is 0.0719. The van der Waals surface area contributed by atoms with Crippen molar-refractivity contribution < 1.29 is 9.53 Å². The van der Waals surface area contributed by atoms with Crippen molar-refractivity contribution >= 4 is 34.7 Å². The minimum Gasteiger partial charge on any atom is -0.423 e. The number of anilines is 3. The fraction of sp³-hybridized carbons (Fsp3) is 0.0465. The van der Waals surface area contributed by atoms with Crippen LogP contribution in [-0.2, 0) is 4.79 Å². The maximum atomic E-state index is 12.0. The minimum atomic E-state index is -0.432. The Morgan fingerprint density at radius 3 is 1.63 bits per heavy atom. The molecule has 46 heavy (non-hydrogen) atoms. The molecule has 0 amide bonds. The second-order valence-corrected chi connectivity index (χ2v) is 11.3. The smallest absolute Gasteiger partial charge is 0.338 e. The van der Waals surface area contributed by atoms with E-state index in [9.17, 15) is 4.79 Å². The number of rotatable bonds is 9. The first kappa shape index (κ1) is 30.1. The van der Waals surface area contributed by atoms with E-state index < -0.39 is 5.97 Å². The van der Waals surface area contributed by atoms with E-state index in [0.717, 1.165) is 39.3 Å². The molecule has 0 aliphatic rings. The molecule has 0 saturated heterocycles. The Balaban J connectivity index is 1.34. The lowest BCUT2D eigenvalue weighted by Crippen LogP contribution is -2.09. The molecule has 0 fully saturated rings. The van der Waals surface area contributed by atoms with Crippen LogP contribution in [0.1, 0.15) is 29.2 Å². The van der Waals surface area contributed by atoms with Crippen molar-refractivity contribution in [2.75, 3.05) is 4.90 Å². The molecular weight excluding hydrogens is 562 g/mol. The van der Waals surface area contributed by atoms with Crippen LogP contribution in [-0.4, -0.2) is 5.97 Å². The van der Waals surface area contributed by atoms with Crippen molar-refractivity contribution in [3.05, 3.63) is 192 Å². The van der Waals surface area contributed by atoms with Crippen LogP contribution in [0.3, 0.4) is 0 Å². The summed E-state index contributed by atoms with van der Waals surface area (Å²) in [5.74, 6) is 0.0556. The monoisotopic (exact) mass is 597 g/mol. The molecule has 0 saturated carbocycles. The summed E-state index contributed by atoms with van der Waals surface area (Å²) in [5.41, 5.74) is 11.5. The highest BCUT2D eigenvalue weighted by Gasteiger charge is 2.14. The third-order valence-electron chi connectivity index (χ3n) is 7.80. The van der Waals surface area contributed by atoms with Crippen molar-refractivity contribution in [1.29, 1.82) is 0 Å². The zero-order chi connectivity index (χ0) is 31.9. The average molecular weight is 598 g/mol. The highest BCUT2D eigenvalue weighted by molar-refractivity contribution is 5.92. The van der Waals surface area contributed by atoms with E-state index >= 15 is 0 Å². The van der Waals surface area contributed by atoms with Crippen LogP contribution in [0.2, 0.25) is 0 Å². The summed E-state index contributed by atoms with van der Waals surface area (Å²) in [6.07, 6.45) is 2.19. The van der Waals surface area contributed by atoms with Gasteiger partial charge in [0.25, 0.3) is 0 Å². The van der Waals surface area contributed by atoms with Crippen LogP contribution in [0.4, 0.5) is 17.1 Å². The van der Waals surface area contributed by atoms with Crippen LogP contribution < -0.4 is 9.64 Å². The summed E-state index contributed by atoms with van der Waals surface area (Å²) in [7, 11) is 0. The van der Waals surface area contributed by atoms with E-state index in [4.69, 9.17) is 4.74 Å². The zero-order valence-corrected chi connectivity index (χ0v) is 26.1. The highest BCUT2D eigenvalue weighted by atomic mass is 16.5. The van der Waals surface area contributed by atoms with Crippen molar-refractivity contribution in [3.63, 3.8) is 0 Å². The molecule has 6 aromatic carbocycles. The molecular formula is C43H35NO2. The summed E-state index contributed by atoms with van der Waals surface area (Å²) in [4.78, 5) is 14.3. The number of ether oxygens (including phenoxy) is 1. The SMILES string of the molecule is C=C(C)C(=O)Oc1ccc(C(=Cc2ccc(N(c3ccc(C)cc3)c3ccc(-c4ccccc4)cc3)cc2)c2ccccc2)cc1. The van der Waals surface area contributed by atoms with Gasteiger partial charge in [-0.05, 0) is 102 Å². The van der Waals surface area contributed by atoms with E-state index in [2.05, 4.69) is 134 Å². The van der Waals surface area contributed by atoms with Gasteiger partial charge in [-0.3, -0.25) is 0 Å². The maximum Gasteiger partial charge on any atom is 0.338 e. The summed E-state index contributed by atoms with van der Waals surface area (Å²) in [6, 6.07) is 54.3. The summed E-state index contributed by atoms with van der Waals surface area (Å²) >= 11 is 0. The molecule has 0 bridgehead atoms. The number of esters is 1. The molecule has 0 atom stereocenters. The summed E-state index contributed by atoms with van der Waals surface area (Å²) in [6.45, 7) is 7.41. The van der Waals surface area contributed by atoms with Crippen LogP contribution in [0.5, 0.6) is 5.75 Å². The van der Waals surface area contributed by atoms with Gasteiger partial charge in [-0.25, -0.2) is 4.79 Å². The first-order chi connectivity index (χ1) is 22.4. The van der Waals surface area contributed by atoms with Gasteiger partial charge in [0.05, 0.1) is 0 Å². The second-order valence-electron chi connectivity index (χ2n) is 11.3. The van der Waals surface area contributed by atoms with Gasteiger partial charge in [-0.1, -0.05) is 121 Å². The molecule has 0 aromatic heterocycles. The number of hydrogen-bond donors (Lipinski definition) is 0. The number of aryl methyl sites for hydroxylation is 1. The van der Waals surface area contributed by atoms with E-state index in [1.807, 2.05) is 48.5 Å². The molecule has 6 rings (SSSR count). The van der Waals surface area contributed by atoms with Crippen LogP contribution in [0, 0.1) is 6.92 Å². The van der Waals surface area contributed by atoms with Gasteiger partial charge >= 0.3 is 5.97 Å². The van der Waals surface area contributed by atoms with Gasteiger partial charge in [0, 0.05) is 22.6 Å². The third-order valence-corrected chi connectivity index (χ3v) is 7.80. The zero-order valence-electron chi connectivity index (χ0n) is 26.1. The van der Waals surface area contributed by atoms with Crippen LogP contribution in [0.25, 0.3) is 22.8 Å². The maximum absolute atomic E-state index is 12.0. The number of benzene rings is 6. The van der Waals surface area contributed by atoms with Gasteiger partial charge < -0.3 is 9.64 Å².